The van der Waals surface area contributed by atoms with E-state index in [1.807, 2.05) is 25.1 Å². The third-order valence-electron chi connectivity index (χ3n) is 3.92. The molecular weight excluding hydrogens is 403 g/mol. The first-order valence-electron chi connectivity index (χ1n) is 8.66. The molecule has 0 atom stereocenters. The van der Waals surface area contributed by atoms with Crippen LogP contribution >= 0.6 is 0 Å². The zero-order valence-electron chi connectivity index (χ0n) is 17.0. The van der Waals surface area contributed by atoms with E-state index in [2.05, 4.69) is 4.72 Å². The molecule has 9 heteroatoms. The first kappa shape index (κ1) is 23.3. The fraction of sp³-hybridized carbons (Fsp3) is 0.250. The van der Waals surface area contributed by atoms with Crippen LogP contribution in [0.15, 0.2) is 57.8 Å². The summed E-state index contributed by atoms with van der Waals surface area (Å²) in [5.74, 6) is -0.965. The Morgan fingerprint density at radius 1 is 1.10 bits per heavy atom. The Morgan fingerprint density at radius 2 is 1.79 bits per heavy atom. The predicted molar refractivity (Wildman–Crippen MR) is 108 cm³/mol. The number of carbonyl (C=O) groups excluding carboxylic acids is 1. The minimum atomic E-state index is -4.26. The summed E-state index contributed by atoms with van der Waals surface area (Å²) in [5, 5.41) is 0.685. The van der Waals surface area contributed by atoms with E-state index in [1.54, 1.807) is 38.1 Å². The van der Waals surface area contributed by atoms with E-state index in [-0.39, 0.29) is 52.1 Å². The largest absolute Gasteiger partial charge is 1.00 e. The number of para-hydroxylation sites is 1. The van der Waals surface area contributed by atoms with Crippen molar-refractivity contribution in [2.75, 3.05) is 19.0 Å². The van der Waals surface area contributed by atoms with Gasteiger partial charge in [-0.2, -0.15) is 0 Å². The van der Waals surface area contributed by atoms with Gasteiger partial charge in [0.15, 0.2) is 5.76 Å². The Labute approximate surface area is 192 Å². The number of rotatable bonds is 6. The molecule has 0 radical (unpaired) electrons. The molecular formula is C20H21N2NaO5S. The fourth-order valence-electron chi connectivity index (χ4n) is 2.62. The number of anilines is 1. The Hall–Kier alpha value is -2.00. The summed E-state index contributed by atoms with van der Waals surface area (Å²) in [6.07, 6.45) is -0.228. The molecule has 0 saturated heterocycles. The molecule has 1 aromatic heterocycles. The van der Waals surface area contributed by atoms with Crippen LogP contribution in [0.1, 0.15) is 24.4 Å². The molecule has 0 N–H and O–H groups in total. The van der Waals surface area contributed by atoms with Gasteiger partial charge in [0.2, 0.25) is 0 Å². The van der Waals surface area contributed by atoms with Crippen molar-refractivity contribution in [1.82, 2.24) is 0 Å². The molecule has 0 fully saturated rings. The molecule has 3 rings (SSSR count). The number of sulfonamides is 1. The summed E-state index contributed by atoms with van der Waals surface area (Å²) in [5.41, 5.74) is 1.37. The second-order valence-corrected chi connectivity index (χ2v) is 8.28. The monoisotopic (exact) mass is 424 g/mol. The van der Waals surface area contributed by atoms with Crippen molar-refractivity contribution in [1.29, 1.82) is 0 Å². The fourth-order valence-corrected chi connectivity index (χ4v) is 3.65. The molecule has 0 aliphatic heterocycles. The maximum atomic E-state index is 12.7. The predicted octanol–water partition coefficient (Wildman–Crippen LogP) is 1.19. The molecule has 2 aromatic carbocycles. The second kappa shape index (κ2) is 9.21. The van der Waals surface area contributed by atoms with E-state index >= 15 is 0 Å². The number of ether oxygens (including phenoxy) is 1. The van der Waals surface area contributed by atoms with Gasteiger partial charge in [-0.25, -0.2) is 8.42 Å². The molecule has 1 heterocycles. The van der Waals surface area contributed by atoms with E-state index in [1.165, 1.54) is 18.2 Å². The van der Waals surface area contributed by atoms with Gasteiger partial charge in [0.1, 0.15) is 27.3 Å². The van der Waals surface area contributed by atoms with Gasteiger partial charge in [-0.15, -0.1) is 0 Å². The smallest absolute Gasteiger partial charge is 0.535 e. The maximum Gasteiger partial charge on any atom is 1.00 e. The van der Waals surface area contributed by atoms with Crippen LogP contribution < -0.4 is 39.2 Å². The van der Waals surface area contributed by atoms with Crippen LogP contribution in [0.5, 0.6) is 5.75 Å². The van der Waals surface area contributed by atoms with Crippen LogP contribution in [-0.4, -0.2) is 34.5 Å². The summed E-state index contributed by atoms with van der Waals surface area (Å²) in [6.45, 7) is 3.56. The quantitative estimate of drug-likeness (QED) is 0.552. The maximum absolute atomic E-state index is 12.7. The Morgan fingerprint density at radius 3 is 2.45 bits per heavy atom. The molecule has 7 nitrogen and oxygen atoms in total. The molecule has 0 aliphatic rings. The molecule has 0 aliphatic carbocycles. The van der Waals surface area contributed by atoms with Gasteiger partial charge in [0.25, 0.3) is 0 Å². The van der Waals surface area contributed by atoms with E-state index in [4.69, 9.17) is 9.15 Å². The molecule has 3 aromatic rings. The summed E-state index contributed by atoms with van der Waals surface area (Å²) < 4.78 is 39.8. The summed E-state index contributed by atoms with van der Waals surface area (Å²) in [4.78, 5) is 14.2. The van der Waals surface area contributed by atoms with Crippen LogP contribution in [0.3, 0.4) is 0 Å². The van der Waals surface area contributed by atoms with Crippen molar-refractivity contribution in [2.45, 2.75) is 24.8 Å². The van der Waals surface area contributed by atoms with Gasteiger partial charge in [0.05, 0.1) is 11.0 Å². The second-order valence-electron chi connectivity index (χ2n) is 6.71. The number of hydrogen-bond donors (Lipinski definition) is 0. The molecule has 1 amide bonds. The van der Waals surface area contributed by atoms with E-state index in [0.29, 0.717) is 11.0 Å². The van der Waals surface area contributed by atoms with Crippen molar-refractivity contribution < 1.29 is 51.9 Å². The number of furan rings is 1. The van der Waals surface area contributed by atoms with Crippen molar-refractivity contribution in [2.24, 2.45) is 0 Å². The Balaban J connectivity index is 0.00000300. The van der Waals surface area contributed by atoms with Gasteiger partial charge in [0, 0.05) is 31.2 Å². The topological polar surface area (TPSA) is 90.9 Å². The van der Waals surface area contributed by atoms with Gasteiger partial charge < -0.3 is 23.6 Å². The average molecular weight is 424 g/mol. The van der Waals surface area contributed by atoms with Gasteiger partial charge >= 0.3 is 29.6 Å². The number of benzene rings is 2. The van der Waals surface area contributed by atoms with Crippen molar-refractivity contribution in [3.05, 3.63) is 59.0 Å². The van der Waals surface area contributed by atoms with Gasteiger partial charge in [-0.1, -0.05) is 12.1 Å². The van der Waals surface area contributed by atoms with E-state index in [9.17, 15) is 13.2 Å². The number of hydrogen-bond acceptors (Lipinski definition) is 6. The minimum absolute atomic E-state index is 0. The summed E-state index contributed by atoms with van der Waals surface area (Å²) in [6, 6.07) is 13.0. The number of carbonyl (C=O) groups is 1. The molecule has 0 spiro atoms. The van der Waals surface area contributed by atoms with Gasteiger partial charge in [-0.3, -0.25) is 0 Å². The van der Waals surface area contributed by atoms with Crippen molar-refractivity contribution >= 4 is 32.6 Å². The average Bonchev–Trinajstić information content (AvgIpc) is 3.04. The summed E-state index contributed by atoms with van der Waals surface area (Å²) >= 11 is 0. The standard InChI is InChI=1S/C20H22N2O5S.Na/c1-13(2)26-16-7-5-6-8-19(16)28(24,25)21-20(23)18-11-14-9-10-15(22(3)4)12-17(14)27-18;/h5-13H,1-4H3,(H,21,23);/q;+1/p-1. The zero-order valence-corrected chi connectivity index (χ0v) is 19.9. The summed E-state index contributed by atoms with van der Waals surface area (Å²) in [7, 11) is -0.493. The molecule has 148 valence electrons. The first-order chi connectivity index (χ1) is 13.2. The molecule has 0 saturated carbocycles. The number of amides is 1. The molecule has 0 bridgehead atoms. The minimum Gasteiger partial charge on any atom is -0.535 e. The third kappa shape index (κ3) is 5.33. The SMILES string of the molecule is CC(C)Oc1ccccc1S(=O)(=O)[N-]C(=O)c1cc2ccc(N(C)C)cc2o1.[Na+]. The van der Waals surface area contributed by atoms with Gasteiger partial charge in [-0.05, 0) is 44.2 Å². The van der Waals surface area contributed by atoms with Crippen LogP contribution in [-0.2, 0) is 10.0 Å². The van der Waals surface area contributed by atoms with Crippen molar-refractivity contribution in [3.63, 3.8) is 0 Å². The van der Waals surface area contributed by atoms with Crippen molar-refractivity contribution in [3.8, 4) is 5.75 Å². The van der Waals surface area contributed by atoms with Crippen LogP contribution in [0.25, 0.3) is 15.7 Å². The zero-order chi connectivity index (χ0) is 20.5. The van der Waals surface area contributed by atoms with E-state index in [0.717, 1.165) is 5.69 Å². The molecule has 0 unspecified atom stereocenters. The first-order valence-corrected chi connectivity index (χ1v) is 10.1. The number of fused-ring (bicyclic) bond motifs is 1. The molecule has 29 heavy (non-hydrogen) atoms. The normalized spacial score (nSPS) is 11.2. The Kier molecular flexibility index (Phi) is 7.40. The van der Waals surface area contributed by atoms with E-state index < -0.39 is 15.9 Å². The van der Waals surface area contributed by atoms with Crippen LogP contribution in [0, 0.1) is 0 Å². The third-order valence-corrected chi connectivity index (χ3v) is 5.22. The Bertz CT molecular complexity index is 1120. The van der Waals surface area contributed by atoms with Crippen LogP contribution in [0.4, 0.5) is 5.69 Å². The number of nitrogens with zero attached hydrogens (tertiary/aromatic N) is 2. The van der Waals surface area contributed by atoms with Crippen LogP contribution in [0.2, 0.25) is 0 Å².